The van der Waals surface area contributed by atoms with Crippen LogP contribution < -0.4 is 5.32 Å². The van der Waals surface area contributed by atoms with E-state index in [-0.39, 0.29) is 17.8 Å². The molecule has 1 amide bonds. The van der Waals surface area contributed by atoms with Crippen LogP contribution in [-0.2, 0) is 0 Å². The average Bonchev–Trinajstić information content (AvgIpc) is 3.31. The number of carbonyl (C=O) groups excluding carboxylic acids is 1. The molecular weight excluding hydrogens is 343 g/mol. The average molecular weight is 366 g/mol. The van der Waals surface area contributed by atoms with Gasteiger partial charge >= 0.3 is 0 Å². The molecule has 0 spiro atoms. The number of furan rings is 1. The van der Waals surface area contributed by atoms with E-state index in [4.69, 9.17) is 4.42 Å². The van der Waals surface area contributed by atoms with Gasteiger partial charge < -0.3 is 9.73 Å². The number of benzene rings is 2. The maximum Gasteiger partial charge on any atom is 0.251 e. The van der Waals surface area contributed by atoms with Gasteiger partial charge in [-0.2, -0.15) is 0 Å². The highest BCUT2D eigenvalue weighted by atomic mass is 19.1. The van der Waals surface area contributed by atoms with Crippen LogP contribution in [0.4, 0.5) is 4.39 Å². The minimum absolute atomic E-state index is 0.155. The maximum atomic E-state index is 14.4. The third kappa shape index (κ3) is 3.74. The topological polar surface area (TPSA) is 45.5 Å². The molecule has 5 heteroatoms. The zero-order chi connectivity index (χ0) is 18.8. The van der Waals surface area contributed by atoms with Gasteiger partial charge in [-0.25, -0.2) is 4.39 Å². The fourth-order valence-corrected chi connectivity index (χ4v) is 3.84. The van der Waals surface area contributed by atoms with Gasteiger partial charge in [-0.1, -0.05) is 18.2 Å². The molecule has 1 aromatic heterocycles. The number of rotatable bonds is 5. The van der Waals surface area contributed by atoms with Crippen molar-refractivity contribution in [2.24, 2.45) is 0 Å². The lowest BCUT2D eigenvalue weighted by Gasteiger charge is -2.28. The van der Waals surface area contributed by atoms with E-state index >= 15 is 0 Å². The summed E-state index contributed by atoms with van der Waals surface area (Å²) in [4.78, 5) is 14.9. The van der Waals surface area contributed by atoms with E-state index in [1.807, 2.05) is 37.3 Å². The van der Waals surface area contributed by atoms with Gasteiger partial charge in [0.1, 0.15) is 17.2 Å². The van der Waals surface area contributed by atoms with E-state index in [9.17, 15) is 9.18 Å². The van der Waals surface area contributed by atoms with Crippen LogP contribution in [-0.4, -0.2) is 30.4 Å². The number of fused-ring (bicyclic) bond motifs is 1. The van der Waals surface area contributed by atoms with Gasteiger partial charge in [0.25, 0.3) is 5.91 Å². The first-order valence-electron chi connectivity index (χ1n) is 9.39. The van der Waals surface area contributed by atoms with Gasteiger partial charge in [-0.05, 0) is 63.2 Å². The molecule has 140 valence electrons. The van der Waals surface area contributed by atoms with E-state index in [1.165, 1.54) is 6.07 Å². The predicted octanol–water partition coefficient (Wildman–Crippen LogP) is 4.45. The van der Waals surface area contributed by atoms with Gasteiger partial charge in [0, 0.05) is 23.1 Å². The third-order valence-corrected chi connectivity index (χ3v) is 5.20. The van der Waals surface area contributed by atoms with Gasteiger partial charge in [-0.3, -0.25) is 9.69 Å². The zero-order valence-corrected chi connectivity index (χ0v) is 15.4. The van der Waals surface area contributed by atoms with Crippen LogP contribution in [0.25, 0.3) is 11.0 Å². The van der Waals surface area contributed by atoms with Gasteiger partial charge in [-0.15, -0.1) is 0 Å². The number of likely N-dealkylation sites (tertiary alicyclic amines) is 1. The van der Waals surface area contributed by atoms with Crippen LogP contribution in [0.2, 0.25) is 0 Å². The molecular formula is C22H23FN2O2. The summed E-state index contributed by atoms with van der Waals surface area (Å²) >= 11 is 0. The van der Waals surface area contributed by atoms with Gasteiger partial charge in [0.15, 0.2) is 0 Å². The molecule has 0 saturated carbocycles. The summed E-state index contributed by atoms with van der Waals surface area (Å²) in [5.41, 5.74) is 1.99. The quantitative estimate of drug-likeness (QED) is 0.726. The van der Waals surface area contributed by atoms with Crippen LogP contribution >= 0.6 is 0 Å². The SMILES string of the molecule is Cc1cc2cc(C(=O)NC[C@@H](c3ccccc3F)N3CCCC3)ccc2o1. The Balaban J connectivity index is 1.52. The highest BCUT2D eigenvalue weighted by molar-refractivity contribution is 5.97. The summed E-state index contributed by atoms with van der Waals surface area (Å²) in [6.45, 7) is 4.11. The Morgan fingerprint density at radius 3 is 2.74 bits per heavy atom. The predicted molar refractivity (Wildman–Crippen MR) is 103 cm³/mol. The lowest BCUT2D eigenvalue weighted by molar-refractivity contribution is 0.0937. The van der Waals surface area contributed by atoms with Crippen molar-refractivity contribution in [3.05, 3.63) is 71.2 Å². The van der Waals surface area contributed by atoms with Gasteiger partial charge in [0.05, 0.1) is 6.04 Å². The summed E-state index contributed by atoms with van der Waals surface area (Å²) in [5, 5.41) is 3.90. The largest absolute Gasteiger partial charge is 0.461 e. The minimum atomic E-state index is -0.223. The van der Waals surface area contributed by atoms with Crippen LogP contribution in [0.3, 0.4) is 0 Å². The maximum absolute atomic E-state index is 14.4. The second kappa shape index (κ2) is 7.53. The van der Waals surface area contributed by atoms with Crippen molar-refractivity contribution in [1.29, 1.82) is 0 Å². The molecule has 2 aromatic carbocycles. The first-order valence-corrected chi connectivity index (χ1v) is 9.39. The highest BCUT2D eigenvalue weighted by Crippen LogP contribution is 2.27. The molecule has 1 N–H and O–H groups in total. The summed E-state index contributed by atoms with van der Waals surface area (Å²) in [6, 6.07) is 14.0. The summed E-state index contributed by atoms with van der Waals surface area (Å²) < 4.78 is 19.9. The Morgan fingerprint density at radius 1 is 1.19 bits per heavy atom. The zero-order valence-electron chi connectivity index (χ0n) is 15.4. The van der Waals surface area contributed by atoms with Crippen LogP contribution in [0, 0.1) is 12.7 Å². The Kier molecular flexibility index (Phi) is 4.94. The van der Waals surface area contributed by atoms with Crippen LogP contribution in [0.15, 0.2) is 52.9 Å². The summed E-state index contributed by atoms with van der Waals surface area (Å²) in [6.07, 6.45) is 2.21. The van der Waals surface area contributed by atoms with Crippen molar-refractivity contribution < 1.29 is 13.6 Å². The van der Waals surface area contributed by atoms with Crippen LogP contribution in [0.5, 0.6) is 0 Å². The minimum Gasteiger partial charge on any atom is -0.461 e. The Hall–Kier alpha value is -2.66. The number of hydrogen-bond donors (Lipinski definition) is 1. The molecule has 3 aromatic rings. The Labute approximate surface area is 158 Å². The third-order valence-electron chi connectivity index (χ3n) is 5.20. The summed E-state index contributed by atoms with van der Waals surface area (Å²) in [7, 11) is 0. The first-order chi connectivity index (χ1) is 13.1. The van der Waals surface area contributed by atoms with Crippen molar-refractivity contribution in [3.63, 3.8) is 0 Å². The molecule has 0 bridgehead atoms. The lowest BCUT2D eigenvalue weighted by Crippen LogP contribution is -2.37. The van der Waals surface area contributed by atoms with E-state index in [0.717, 1.165) is 42.7 Å². The molecule has 1 fully saturated rings. The number of hydrogen-bond acceptors (Lipinski definition) is 3. The van der Waals surface area contributed by atoms with Crippen molar-refractivity contribution in [1.82, 2.24) is 10.2 Å². The summed E-state index contributed by atoms with van der Waals surface area (Å²) in [5.74, 6) is 0.437. The number of aryl methyl sites for hydroxylation is 1. The van der Waals surface area contributed by atoms with Crippen molar-refractivity contribution >= 4 is 16.9 Å². The first kappa shape index (κ1) is 17.7. The van der Waals surface area contributed by atoms with Crippen molar-refractivity contribution in [2.75, 3.05) is 19.6 Å². The molecule has 0 aliphatic carbocycles. The molecule has 1 aliphatic rings. The number of amides is 1. The smallest absolute Gasteiger partial charge is 0.251 e. The Bertz CT molecular complexity index is 960. The monoisotopic (exact) mass is 366 g/mol. The van der Waals surface area contributed by atoms with Crippen LogP contribution in [0.1, 0.15) is 40.6 Å². The number of halogens is 1. The van der Waals surface area contributed by atoms with Crippen molar-refractivity contribution in [3.8, 4) is 0 Å². The van der Waals surface area contributed by atoms with E-state index in [1.54, 1.807) is 12.1 Å². The second-order valence-electron chi connectivity index (χ2n) is 7.10. The molecule has 0 unspecified atom stereocenters. The number of nitrogens with zero attached hydrogens (tertiary/aromatic N) is 1. The van der Waals surface area contributed by atoms with Gasteiger partial charge in [0.2, 0.25) is 0 Å². The number of nitrogens with one attached hydrogen (secondary N) is 1. The fraction of sp³-hybridized carbons (Fsp3) is 0.318. The Morgan fingerprint density at radius 2 is 1.96 bits per heavy atom. The standard InChI is InChI=1S/C22H23FN2O2/c1-15-12-17-13-16(8-9-21(17)27-15)22(26)24-14-20(25-10-4-5-11-25)18-6-2-3-7-19(18)23/h2-3,6-9,12-13,20H,4-5,10-11,14H2,1H3,(H,24,26)/t20-/m0/s1. The van der Waals surface area contributed by atoms with Crippen molar-refractivity contribution in [2.45, 2.75) is 25.8 Å². The fourth-order valence-electron chi connectivity index (χ4n) is 3.84. The molecule has 4 rings (SSSR count). The van der Waals surface area contributed by atoms with E-state index in [2.05, 4.69) is 10.2 Å². The lowest BCUT2D eigenvalue weighted by atomic mass is 10.0. The second-order valence-corrected chi connectivity index (χ2v) is 7.10. The molecule has 1 atom stereocenters. The molecule has 27 heavy (non-hydrogen) atoms. The van der Waals surface area contributed by atoms with E-state index in [0.29, 0.717) is 17.7 Å². The molecule has 1 aliphatic heterocycles. The number of carbonyl (C=O) groups is 1. The normalized spacial score (nSPS) is 15.9. The molecule has 1 saturated heterocycles. The van der Waals surface area contributed by atoms with E-state index < -0.39 is 0 Å². The molecule has 4 nitrogen and oxygen atoms in total. The molecule has 2 heterocycles. The molecule has 0 radical (unpaired) electrons. The highest BCUT2D eigenvalue weighted by Gasteiger charge is 2.26.